The minimum absolute atomic E-state index is 0.151. The number of allylic oxidation sites excluding steroid dienone is 1. The SMILES string of the molecule is CCOc1cc([C@@H]2NC(=O)NC(C)=C2C(=O)OC)ccc1OC[C@@H](O)N/N=C\c1ccc(Cl)cc1Cl. The molecule has 4 N–H and O–H groups in total. The van der Waals surface area contributed by atoms with E-state index in [0.29, 0.717) is 45.0 Å². The zero-order valence-electron chi connectivity index (χ0n) is 19.8. The van der Waals surface area contributed by atoms with Crippen molar-refractivity contribution in [1.29, 1.82) is 0 Å². The third-order valence-corrected chi connectivity index (χ3v) is 5.62. The van der Waals surface area contributed by atoms with Crippen LogP contribution in [0.1, 0.15) is 31.0 Å². The molecule has 0 saturated carbocycles. The van der Waals surface area contributed by atoms with Crippen LogP contribution in [0.5, 0.6) is 11.5 Å². The molecule has 2 aromatic rings. The molecule has 0 aromatic heterocycles. The molecule has 1 heterocycles. The fourth-order valence-electron chi connectivity index (χ4n) is 3.42. The van der Waals surface area contributed by atoms with Gasteiger partial charge in [0.2, 0.25) is 0 Å². The van der Waals surface area contributed by atoms with Gasteiger partial charge in [0.15, 0.2) is 17.7 Å². The number of aliphatic hydroxyl groups is 1. The van der Waals surface area contributed by atoms with Crippen molar-refractivity contribution in [1.82, 2.24) is 16.1 Å². The highest BCUT2D eigenvalue weighted by molar-refractivity contribution is 6.36. The molecule has 0 saturated heterocycles. The van der Waals surface area contributed by atoms with E-state index in [4.69, 9.17) is 37.4 Å². The fourth-order valence-corrected chi connectivity index (χ4v) is 3.88. The number of carbonyl (C=O) groups is 2. The molecule has 0 unspecified atom stereocenters. The first kappa shape index (κ1) is 27.1. The first-order valence-corrected chi connectivity index (χ1v) is 11.7. The fraction of sp³-hybridized carbons (Fsp3) is 0.292. The van der Waals surface area contributed by atoms with Gasteiger partial charge in [0.05, 0.1) is 36.6 Å². The molecule has 1 aliphatic heterocycles. The lowest BCUT2D eigenvalue weighted by Crippen LogP contribution is -2.45. The lowest BCUT2D eigenvalue weighted by molar-refractivity contribution is -0.136. The molecule has 0 aliphatic carbocycles. The van der Waals surface area contributed by atoms with Gasteiger partial charge >= 0.3 is 12.0 Å². The Balaban J connectivity index is 1.71. The van der Waals surface area contributed by atoms with Gasteiger partial charge in [-0.1, -0.05) is 35.3 Å². The Kier molecular flexibility index (Phi) is 9.40. The lowest BCUT2D eigenvalue weighted by Gasteiger charge is -2.28. The number of nitrogens with zero attached hydrogens (tertiary/aromatic N) is 1. The number of halogens is 2. The molecule has 0 spiro atoms. The van der Waals surface area contributed by atoms with E-state index in [-0.39, 0.29) is 12.2 Å². The van der Waals surface area contributed by atoms with Crippen LogP contribution in [0.25, 0.3) is 0 Å². The number of ether oxygens (including phenoxy) is 3. The average Bonchev–Trinajstić information content (AvgIpc) is 2.84. The molecule has 1 aliphatic rings. The predicted octanol–water partition coefficient (Wildman–Crippen LogP) is 3.51. The van der Waals surface area contributed by atoms with Crippen LogP contribution in [0.2, 0.25) is 10.0 Å². The number of carbonyl (C=O) groups excluding carboxylic acids is 2. The predicted molar refractivity (Wildman–Crippen MR) is 135 cm³/mol. The maximum absolute atomic E-state index is 12.3. The summed E-state index contributed by atoms with van der Waals surface area (Å²) in [5.41, 5.74) is 4.42. The van der Waals surface area contributed by atoms with Crippen LogP contribution in [0.4, 0.5) is 4.79 Å². The van der Waals surface area contributed by atoms with Crippen LogP contribution in [-0.4, -0.2) is 49.9 Å². The average molecular weight is 537 g/mol. The minimum Gasteiger partial charge on any atom is -0.490 e. The summed E-state index contributed by atoms with van der Waals surface area (Å²) in [5, 5.41) is 20.4. The summed E-state index contributed by atoms with van der Waals surface area (Å²) in [6.45, 7) is 3.61. The quantitative estimate of drug-likeness (QED) is 0.158. The number of esters is 1. The number of hydrogen-bond acceptors (Lipinski definition) is 8. The zero-order valence-corrected chi connectivity index (χ0v) is 21.3. The summed E-state index contributed by atoms with van der Waals surface area (Å²) < 4.78 is 16.3. The highest BCUT2D eigenvalue weighted by Gasteiger charge is 2.32. The second-order valence-electron chi connectivity index (χ2n) is 7.58. The molecule has 2 amide bonds. The molecular formula is C24H26Cl2N4O6. The molecule has 0 bridgehead atoms. The Morgan fingerprint density at radius 2 is 2.00 bits per heavy atom. The van der Waals surface area contributed by atoms with E-state index in [1.54, 1.807) is 50.2 Å². The van der Waals surface area contributed by atoms with Gasteiger partial charge < -0.3 is 30.0 Å². The Morgan fingerprint density at radius 1 is 1.22 bits per heavy atom. The van der Waals surface area contributed by atoms with Crippen LogP contribution < -0.4 is 25.5 Å². The summed E-state index contributed by atoms with van der Waals surface area (Å²) in [7, 11) is 1.27. The number of hydrazone groups is 1. The molecule has 12 heteroatoms. The smallest absolute Gasteiger partial charge is 0.337 e. The number of amides is 2. The van der Waals surface area contributed by atoms with Crippen molar-refractivity contribution < 1.29 is 28.9 Å². The Hall–Kier alpha value is -3.47. The second-order valence-corrected chi connectivity index (χ2v) is 8.42. The Bertz CT molecular complexity index is 1190. The van der Waals surface area contributed by atoms with Crippen molar-refractivity contribution >= 4 is 41.4 Å². The van der Waals surface area contributed by atoms with Gasteiger partial charge in [0, 0.05) is 16.3 Å². The number of nitrogens with one attached hydrogen (secondary N) is 3. The van der Waals surface area contributed by atoms with Crippen molar-refractivity contribution in [3.8, 4) is 11.5 Å². The van der Waals surface area contributed by atoms with Crippen molar-refractivity contribution in [2.75, 3.05) is 20.3 Å². The minimum atomic E-state index is -1.14. The third-order valence-electron chi connectivity index (χ3n) is 5.06. The number of urea groups is 1. The molecule has 0 radical (unpaired) electrons. The van der Waals surface area contributed by atoms with E-state index in [1.165, 1.54) is 13.3 Å². The van der Waals surface area contributed by atoms with Crippen molar-refractivity contribution in [2.24, 2.45) is 5.10 Å². The summed E-state index contributed by atoms with van der Waals surface area (Å²) in [5.74, 6) is 0.151. The molecule has 0 fully saturated rings. The van der Waals surface area contributed by atoms with Crippen molar-refractivity contribution in [2.45, 2.75) is 26.1 Å². The summed E-state index contributed by atoms with van der Waals surface area (Å²) >= 11 is 12.0. The summed E-state index contributed by atoms with van der Waals surface area (Å²) in [4.78, 5) is 24.4. The van der Waals surface area contributed by atoms with Crippen LogP contribution >= 0.6 is 23.2 Å². The van der Waals surface area contributed by atoms with E-state index in [1.807, 2.05) is 0 Å². The van der Waals surface area contributed by atoms with Crippen molar-refractivity contribution in [3.63, 3.8) is 0 Å². The topological polar surface area (TPSA) is 131 Å². The second kappa shape index (κ2) is 12.5. The van der Waals surface area contributed by atoms with Gasteiger partial charge in [0.25, 0.3) is 0 Å². The summed E-state index contributed by atoms with van der Waals surface area (Å²) in [6.07, 6.45) is 0.311. The monoisotopic (exact) mass is 536 g/mol. The van der Waals surface area contributed by atoms with Crippen LogP contribution in [0, 0.1) is 0 Å². The van der Waals surface area contributed by atoms with E-state index >= 15 is 0 Å². The maximum atomic E-state index is 12.3. The third kappa shape index (κ3) is 6.81. The number of methoxy groups -OCH3 is 1. The maximum Gasteiger partial charge on any atom is 0.337 e. The van der Waals surface area contributed by atoms with Gasteiger partial charge in [0.1, 0.15) is 6.61 Å². The standard InChI is InChI=1S/C24H26Cl2N4O6/c1-4-35-19-9-14(22-21(23(32)34-3)13(2)28-24(33)29-22)6-8-18(19)36-12-20(31)30-27-11-15-5-7-16(25)10-17(15)26/h5-11,20,22,30-31H,4,12H2,1-3H3,(H2,28,29,33)/b27-11-/t20-,22+/m1/s1. The highest BCUT2D eigenvalue weighted by atomic mass is 35.5. The largest absolute Gasteiger partial charge is 0.490 e. The molecule has 10 nitrogen and oxygen atoms in total. The highest BCUT2D eigenvalue weighted by Crippen LogP contribution is 2.34. The van der Waals surface area contributed by atoms with Crippen LogP contribution in [-0.2, 0) is 9.53 Å². The summed E-state index contributed by atoms with van der Waals surface area (Å²) in [6, 6.07) is 8.73. The van der Waals surface area contributed by atoms with E-state index in [2.05, 4.69) is 21.2 Å². The molecule has 2 aromatic carbocycles. The van der Waals surface area contributed by atoms with Gasteiger partial charge in [-0.05, 0) is 43.7 Å². The van der Waals surface area contributed by atoms with E-state index in [0.717, 1.165) is 0 Å². The zero-order chi connectivity index (χ0) is 26.2. The number of benzene rings is 2. The van der Waals surface area contributed by atoms with Crippen LogP contribution in [0.15, 0.2) is 52.8 Å². The van der Waals surface area contributed by atoms with Crippen molar-refractivity contribution in [3.05, 3.63) is 68.8 Å². The van der Waals surface area contributed by atoms with E-state index in [9.17, 15) is 14.7 Å². The number of aliphatic hydroxyl groups excluding tert-OH is 1. The normalized spacial score (nSPS) is 16.3. The van der Waals surface area contributed by atoms with E-state index < -0.39 is 24.3 Å². The number of hydrogen-bond donors (Lipinski definition) is 4. The first-order chi connectivity index (χ1) is 17.2. The van der Waals surface area contributed by atoms with Gasteiger partial charge in [-0.3, -0.25) is 5.43 Å². The molecule has 36 heavy (non-hydrogen) atoms. The lowest BCUT2D eigenvalue weighted by atomic mass is 9.95. The molecule has 3 rings (SSSR count). The molecular weight excluding hydrogens is 511 g/mol. The first-order valence-electron chi connectivity index (χ1n) is 10.9. The molecule has 2 atom stereocenters. The Labute approximate surface area is 218 Å². The van der Waals surface area contributed by atoms with Gasteiger partial charge in [-0.15, -0.1) is 0 Å². The van der Waals surface area contributed by atoms with Crippen LogP contribution in [0.3, 0.4) is 0 Å². The van der Waals surface area contributed by atoms with Gasteiger partial charge in [-0.2, -0.15) is 5.10 Å². The Morgan fingerprint density at radius 3 is 2.69 bits per heavy atom. The molecule has 192 valence electrons. The van der Waals surface area contributed by atoms with Gasteiger partial charge in [-0.25, -0.2) is 9.59 Å². The number of rotatable bonds is 10.